The van der Waals surface area contributed by atoms with Gasteiger partial charge in [0.25, 0.3) is 0 Å². The molecule has 7 heteroatoms. The highest BCUT2D eigenvalue weighted by Crippen LogP contribution is 2.26. The topological polar surface area (TPSA) is 46.2 Å². The molecule has 0 aliphatic heterocycles. The van der Waals surface area contributed by atoms with Gasteiger partial charge < -0.3 is 5.32 Å². The summed E-state index contributed by atoms with van der Waals surface area (Å²) in [5.41, 5.74) is 0.101. The van der Waals surface area contributed by atoms with E-state index in [-0.39, 0.29) is 22.8 Å². The molecule has 0 fully saturated rings. The summed E-state index contributed by atoms with van der Waals surface area (Å²) in [4.78, 5) is 0. The lowest BCUT2D eigenvalue weighted by molar-refractivity contribution is 0.481. The molecule has 0 heterocycles. The van der Waals surface area contributed by atoms with Crippen LogP contribution in [0.4, 0.5) is 8.78 Å². The van der Waals surface area contributed by atoms with Gasteiger partial charge in [0.05, 0.1) is 10.8 Å². The molecule has 0 saturated carbocycles. The van der Waals surface area contributed by atoms with Crippen molar-refractivity contribution >= 4 is 21.4 Å². The summed E-state index contributed by atoms with van der Waals surface area (Å²) >= 11 is 5.51. The Bertz CT molecular complexity index is 564. The van der Waals surface area contributed by atoms with E-state index >= 15 is 0 Å². The van der Waals surface area contributed by atoms with Crippen molar-refractivity contribution in [3.8, 4) is 0 Å². The minimum absolute atomic E-state index is 0.0991. The molecule has 1 N–H and O–H groups in total. The van der Waals surface area contributed by atoms with Crippen LogP contribution in [0.2, 0.25) is 5.02 Å². The van der Waals surface area contributed by atoms with E-state index in [1.165, 1.54) is 0 Å². The molecule has 114 valence electrons. The third-order valence-corrected chi connectivity index (χ3v) is 4.10. The van der Waals surface area contributed by atoms with Gasteiger partial charge in [-0.15, -0.1) is 0 Å². The smallest absolute Gasteiger partial charge is 0.147 e. The number of nitrogens with one attached hydrogen (secondary N) is 1. The van der Waals surface area contributed by atoms with E-state index in [9.17, 15) is 17.2 Å². The number of hydrogen-bond donors (Lipinski definition) is 1. The fourth-order valence-corrected chi connectivity index (χ4v) is 2.64. The van der Waals surface area contributed by atoms with Gasteiger partial charge in [0.15, 0.2) is 0 Å². The second-order valence-corrected chi connectivity index (χ2v) is 7.38. The van der Waals surface area contributed by atoms with Crippen LogP contribution in [0.5, 0.6) is 0 Å². The van der Waals surface area contributed by atoms with Crippen molar-refractivity contribution in [3.05, 3.63) is 34.4 Å². The van der Waals surface area contributed by atoms with E-state index in [0.29, 0.717) is 6.54 Å². The molecule has 0 aromatic heterocycles. The van der Waals surface area contributed by atoms with Crippen molar-refractivity contribution in [1.82, 2.24) is 5.32 Å². The van der Waals surface area contributed by atoms with E-state index < -0.39 is 27.5 Å². The first-order valence-electron chi connectivity index (χ1n) is 6.30. The molecule has 3 nitrogen and oxygen atoms in total. The minimum Gasteiger partial charge on any atom is -0.310 e. The van der Waals surface area contributed by atoms with Gasteiger partial charge in [-0.1, -0.05) is 18.5 Å². The van der Waals surface area contributed by atoms with Gasteiger partial charge in [0.1, 0.15) is 21.5 Å². The van der Waals surface area contributed by atoms with Crippen LogP contribution in [0.25, 0.3) is 0 Å². The number of rotatable bonds is 7. The fraction of sp³-hybridized carbons (Fsp3) is 0.538. The Morgan fingerprint density at radius 3 is 2.50 bits per heavy atom. The Morgan fingerprint density at radius 1 is 1.30 bits per heavy atom. The van der Waals surface area contributed by atoms with Crippen LogP contribution >= 0.6 is 11.6 Å². The molecular formula is C13H18ClF2NO2S. The standard InChI is InChI=1S/C13H18ClF2NO2S/c1-3-5-17-13(4-6-20(2,18)19)9-7-12(16)10(14)8-11(9)15/h7-8,13,17H,3-6H2,1-2H3. The Labute approximate surface area is 123 Å². The molecule has 0 amide bonds. The van der Waals surface area contributed by atoms with Gasteiger partial charge in [-0.25, -0.2) is 17.2 Å². The van der Waals surface area contributed by atoms with Crippen molar-refractivity contribution in [3.63, 3.8) is 0 Å². The van der Waals surface area contributed by atoms with Crippen LogP contribution < -0.4 is 5.32 Å². The lowest BCUT2D eigenvalue weighted by atomic mass is 10.0. The fourth-order valence-electron chi connectivity index (χ4n) is 1.82. The highest BCUT2D eigenvalue weighted by atomic mass is 35.5. The first-order chi connectivity index (χ1) is 9.24. The van der Waals surface area contributed by atoms with Gasteiger partial charge in [0, 0.05) is 17.9 Å². The predicted octanol–water partition coefficient (Wildman–Crippen LogP) is 3.09. The lowest BCUT2D eigenvalue weighted by Crippen LogP contribution is -2.25. The largest absolute Gasteiger partial charge is 0.310 e. The molecule has 1 unspecified atom stereocenters. The second kappa shape index (κ2) is 7.33. The Kier molecular flexibility index (Phi) is 6.36. The van der Waals surface area contributed by atoms with Crippen LogP contribution in [0.3, 0.4) is 0 Å². The normalized spacial score (nSPS) is 13.4. The summed E-state index contributed by atoms with van der Waals surface area (Å²) in [7, 11) is -3.17. The molecular weight excluding hydrogens is 308 g/mol. The number of sulfone groups is 1. The van der Waals surface area contributed by atoms with Gasteiger partial charge in [-0.05, 0) is 31.5 Å². The van der Waals surface area contributed by atoms with Crippen molar-refractivity contribution in [1.29, 1.82) is 0 Å². The predicted molar refractivity (Wildman–Crippen MR) is 76.7 cm³/mol. The molecule has 0 spiro atoms. The van der Waals surface area contributed by atoms with Gasteiger partial charge in [0.2, 0.25) is 0 Å². The lowest BCUT2D eigenvalue weighted by Gasteiger charge is -2.19. The summed E-state index contributed by atoms with van der Waals surface area (Å²) in [5.74, 6) is -1.46. The highest BCUT2D eigenvalue weighted by molar-refractivity contribution is 7.90. The van der Waals surface area contributed by atoms with Crippen molar-refractivity contribution < 1.29 is 17.2 Å². The summed E-state index contributed by atoms with van der Waals surface area (Å²) in [6.07, 6.45) is 2.09. The van der Waals surface area contributed by atoms with Crippen LogP contribution in [0, 0.1) is 11.6 Å². The van der Waals surface area contributed by atoms with Gasteiger partial charge >= 0.3 is 0 Å². The van der Waals surface area contributed by atoms with E-state index in [4.69, 9.17) is 11.6 Å². The third kappa shape index (κ3) is 5.34. The molecule has 1 aromatic rings. The number of halogens is 3. The van der Waals surface area contributed by atoms with Crippen LogP contribution in [-0.2, 0) is 9.84 Å². The van der Waals surface area contributed by atoms with E-state index in [2.05, 4.69) is 5.32 Å². The molecule has 1 rings (SSSR count). The quantitative estimate of drug-likeness (QED) is 0.784. The SMILES string of the molecule is CCCNC(CCS(C)(=O)=O)c1cc(F)c(Cl)cc1F. The maximum atomic E-state index is 13.9. The summed E-state index contributed by atoms with van der Waals surface area (Å²) in [6.45, 7) is 2.51. The maximum Gasteiger partial charge on any atom is 0.147 e. The van der Waals surface area contributed by atoms with Crippen molar-refractivity contribution in [2.75, 3.05) is 18.6 Å². The van der Waals surface area contributed by atoms with Crippen LogP contribution in [0.1, 0.15) is 31.4 Å². The molecule has 0 aliphatic carbocycles. The molecule has 1 atom stereocenters. The minimum atomic E-state index is -3.17. The summed E-state index contributed by atoms with van der Waals surface area (Å²) < 4.78 is 49.8. The average molecular weight is 326 g/mol. The van der Waals surface area contributed by atoms with E-state index in [0.717, 1.165) is 24.8 Å². The highest BCUT2D eigenvalue weighted by Gasteiger charge is 2.19. The second-order valence-electron chi connectivity index (χ2n) is 4.71. The average Bonchev–Trinajstić information content (AvgIpc) is 2.33. The first kappa shape index (κ1) is 17.3. The Balaban J connectivity index is 3.00. The number of benzene rings is 1. The molecule has 0 bridgehead atoms. The molecule has 20 heavy (non-hydrogen) atoms. The van der Waals surface area contributed by atoms with Crippen molar-refractivity contribution in [2.45, 2.75) is 25.8 Å². The van der Waals surface area contributed by atoms with Crippen molar-refractivity contribution in [2.24, 2.45) is 0 Å². The molecule has 0 radical (unpaired) electrons. The van der Waals surface area contributed by atoms with Gasteiger partial charge in [-0.2, -0.15) is 0 Å². The van der Waals surface area contributed by atoms with Gasteiger partial charge in [-0.3, -0.25) is 0 Å². The monoisotopic (exact) mass is 325 g/mol. The zero-order valence-electron chi connectivity index (χ0n) is 11.4. The van der Waals surface area contributed by atoms with Crippen LogP contribution in [0.15, 0.2) is 12.1 Å². The Morgan fingerprint density at radius 2 is 1.95 bits per heavy atom. The number of hydrogen-bond acceptors (Lipinski definition) is 3. The summed E-state index contributed by atoms with van der Waals surface area (Å²) in [6, 6.07) is 1.37. The first-order valence-corrected chi connectivity index (χ1v) is 8.74. The zero-order chi connectivity index (χ0) is 15.3. The van der Waals surface area contributed by atoms with Crippen LogP contribution in [-0.4, -0.2) is 27.0 Å². The molecule has 1 aromatic carbocycles. The summed E-state index contributed by atoms with van der Waals surface area (Å²) in [5, 5.41) is 2.74. The van der Waals surface area contributed by atoms with E-state index in [1.807, 2.05) is 6.92 Å². The maximum absolute atomic E-state index is 13.9. The van der Waals surface area contributed by atoms with E-state index in [1.54, 1.807) is 0 Å². The zero-order valence-corrected chi connectivity index (χ0v) is 13.0. The molecule has 0 saturated heterocycles. The molecule has 0 aliphatic rings. The Hall–Kier alpha value is -0.720. The third-order valence-electron chi connectivity index (χ3n) is 2.83.